The lowest BCUT2D eigenvalue weighted by Crippen LogP contribution is -2.59. The van der Waals surface area contributed by atoms with Gasteiger partial charge in [-0.05, 0) is 24.3 Å². The Balaban J connectivity index is 2.20. The van der Waals surface area contributed by atoms with Crippen LogP contribution in [0.5, 0.6) is 0 Å². The molecule has 24 heavy (non-hydrogen) atoms. The van der Waals surface area contributed by atoms with Gasteiger partial charge in [-0.2, -0.15) is 0 Å². The van der Waals surface area contributed by atoms with E-state index in [1.54, 1.807) is 0 Å². The summed E-state index contributed by atoms with van der Waals surface area (Å²) in [5, 5.41) is 9.07. The van der Waals surface area contributed by atoms with Crippen molar-refractivity contribution in [2.24, 2.45) is 0 Å². The van der Waals surface area contributed by atoms with Crippen LogP contribution in [0.2, 0.25) is 0 Å². The number of carboxylic acid groups (broad SMARTS) is 1. The Hall–Kier alpha value is -2.48. The Kier molecular flexibility index (Phi) is 5.86. The van der Waals surface area contributed by atoms with Crippen LogP contribution >= 0.6 is 0 Å². The van der Waals surface area contributed by atoms with Gasteiger partial charge in [0.25, 0.3) is 5.91 Å². The monoisotopic (exact) mass is 338 g/mol. The molecule has 2 amide bonds. The van der Waals surface area contributed by atoms with Gasteiger partial charge < -0.3 is 19.6 Å². The number of benzene rings is 1. The molecule has 0 bridgehead atoms. The fourth-order valence-corrected chi connectivity index (χ4v) is 2.63. The number of hydrogen-bond donors (Lipinski definition) is 1. The van der Waals surface area contributed by atoms with Crippen LogP contribution in [-0.4, -0.2) is 72.1 Å². The van der Waals surface area contributed by atoms with E-state index in [9.17, 15) is 18.8 Å². The predicted octanol–water partition coefficient (Wildman–Crippen LogP) is 0.600. The maximum atomic E-state index is 13.0. The van der Waals surface area contributed by atoms with Crippen LogP contribution in [0.15, 0.2) is 24.3 Å². The van der Waals surface area contributed by atoms with Crippen LogP contribution in [0.4, 0.5) is 4.39 Å². The van der Waals surface area contributed by atoms with Gasteiger partial charge in [0, 0.05) is 32.3 Å². The van der Waals surface area contributed by atoms with E-state index in [-0.39, 0.29) is 12.1 Å². The van der Waals surface area contributed by atoms with Crippen molar-refractivity contribution < 1.29 is 28.6 Å². The highest BCUT2D eigenvalue weighted by atomic mass is 19.1. The molecule has 1 N–H and O–H groups in total. The van der Waals surface area contributed by atoms with Crippen LogP contribution in [0.1, 0.15) is 16.8 Å². The molecule has 2 rings (SSSR count). The molecule has 1 atom stereocenters. The lowest BCUT2D eigenvalue weighted by Gasteiger charge is -2.40. The van der Waals surface area contributed by atoms with E-state index in [2.05, 4.69) is 0 Å². The van der Waals surface area contributed by atoms with Crippen molar-refractivity contribution in [3.05, 3.63) is 35.6 Å². The third-order valence-corrected chi connectivity index (χ3v) is 3.87. The molecular formula is C16H19FN2O5. The Morgan fingerprint density at radius 2 is 1.96 bits per heavy atom. The van der Waals surface area contributed by atoms with Crippen LogP contribution in [0, 0.1) is 5.82 Å². The maximum absolute atomic E-state index is 13.0. The first kappa shape index (κ1) is 17.9. The second kappa shape index (κ2) is 7.87. The number of hydrogen-bond acceptors (Lipinski definition) is 4. The third kappa shape index (κ3) is 4.08. The summed E-state index contributed by atoms with van der Waals surface area (Å²) in [5.74, 6) is -2.55. The number of carboxylic acids is 1. The first-order valence-electron chi connectivity index (χ1n) is 7.50. The van der Waals surface area contributed by atoms with Gasteiger partial charge in [0.15, 0.2) is 0 Å². The molecule has 1 aliphatic rings. The van der Waals surface area contributed by atoms with Crippen LogP contribution in [-0.2, 0) is 14.3 Å². The molecule has 130 valence electrons. The molecule has 1 saturated heterocycles. The number of ether oxygens (including phenoxy) is 1. The SMILES string of the molecule is COCCN1CCN(C(=O)c2ccc(F)cc2)C(CC(=O)O)C1=O. The number of carbonyl (C=O) groups is 3. The lowest BCUT2D eigenvalue weighted by atomic mass is 10.0. The minimum absolute atomic E-state index is 0.212. The van der Waals surface area contributed by atoms with Crippen LogP contribution < -0.4 is 0 Å². The number of rotatable bonds is 6. The molecule has 0 aliphatic carbocycles. The molecule has 0 saturated carbocycles. The van der Waals surface area contributed by atoms with Gasteiger partial charge in [-0.15, -0.1) is 0 Å². The molecule has 7 nitrogen and oxygen atoms in total. The summed E-state index contributed by atoms with van der Waals surface area (Å²) >= 11 is 0. The first-order valence-corrected chi connectivity index (χ1v) is 7.50. The van der Waals surface area contributed by atoms with Gasteiger partial charge in [-0.3, -0.25) is 14.4 Å². The van der Waals surface area contributed by atoms with Gasteiger partial charge >= 0.3 is 5.97 Å². The second-order valence-corrected chi connectivity index (χ2v) is 5.44. The summed E-state index contributed by atoms with van der Waals surface area (Å²) in [4.78, 5) is 38.9. The lowest BCUT2D eigenvalue weighted by molar-refractivity contribution is -0.148. The molecule has 1 aromatic rings. The normalized spacial score (nSPS) is 17.9. The molecule has 8 heteroatoms. The summed E-state index contributed by atoms with van der Waals surface area (Å²) in [7, 11) is 1.51. The van der Waals surface area contributed by atoms with Crippen molar-refractivity contribution >= 4 is 17.8 Å². The van der Waals surface area contributed by atoms with E-state index in [1.807, 2.05) is 0 Å². The maximum Gasteiger partial charge on any atom is 0.305 e. The Labute approximate surface area is 138 Å². The molecule has 1 fully saturated rings. The predicted molar refractivity (Wildman–Crippen MR) is 81.9 cm³/mol. The molecule has 1 aromatic carbocycles. The molecule has 1 unspecified atom stereocenters. The molecule has 0 radical (unpaired) electrons. The van der Waals surface area contributed by atoms with Crippen molar-refractivity contribution in [3.63, 3.8) is 0 Å². The van der Waals surface area contributed by atoms with E-state index in [4.69, 9.17) is 9.84 Å². The number of piperazine rings is 1. The van der Waals surface area contributed by atoms with Crippen molar-refractivity contribution in [1.82, 2.24) is 9.80 Å². The minimum atomic E-state index is -1.17. The van der Waals surface area contributed by atoms with Crippen molar-refractivity contribution in [2.45, 2.75) is 12.5 Å². The van der Waals surface area contributed by atoms with Crippen molar-refractivity contribution in [1.29, 1.82) is 0 Å². The molecule has 0 aromatic heterocycles. The van der Waals surface area contributed by atoms with E-state index in [1.165, 1.54) is 29.0 Å². The zero-order chi connectivity index (χ0) is 17.7. The Bertz CT molecular complexity index is 619. The van der Waals surface area contributed by atoms with E-state index >= 15 is 0 Å². The summed E-state index contributed by atoms with van der Waals surface area (Å²) in [6, 6.07) is 3.85. The zero-order valence-corrected chi connectivity index (χ0v) is 13.3. The van der Waals surface area contributed by atoms with Gasteiger partial charge in [-0.25, -0.2) is 4.39 Å². The fraction of sp³-hybridized carbons (Fsp3) is 0.438. The minimum Gasteiger partial charge on any atom is -0.481 e. The number of amides is 2. The van der Waals surface area contributed by atoms with E-state index in [0.717, 1.165) is 12.1 Å². The highest BCUT2D eigenvalue weighted by molar-refractivity contribution is 5.99. The molecule has 0 spiro atoms. The fourth-order valence-electron chi connectivity index (χ4n) is 2.63. The van der Waals surface area contributed by atoms with Gasteiger partial charge in [0.2, 0.25) is 5.91 Å². The Morgan fingerprint density at radius 1 is 1.29 bits per heavy atom. The number of aliphatic carboxylic acids is 1. The zero-order valence-electron chi connectivity index (χ0n) is 13.3. The average Bonchev–Trinajstić information content (AvgIpc) is 2.55. The van der Waals surface area contributed by atoms with Crippen molar-refractivity contribution in [3.8, 4) is 0 Å². The summed E-state index contributed by atoms with van der Waals surface area (Å²) in [6.45, 7) is 1.18. The second-order valence-electron chi connectivity index (χ2n) is 5.44. The summed E-state index contributed by atoms with van der Waals surface area (Å²) < 4.78 is 17.9. The summed E-state index contributed by atoms with van der Waals surface area (Å²) in [5.41, 5.74) is 0.213. The highest BCUT2D eigenvalue weighted by Gasteiger charge is 2.38. The van der Waals surface area contributed by atoms with Crippen molar-refractivity contribution in [2.75, 3.05) is 33.4 Å². The van der Waals surface area contributed by atoms with Gasteiger partial charge in [0.1, 0.15) is 11.9 Å². The van der Waals surface area contributed by atoms with E-state index < -0.39 is 36.1 Å². The average molecular weight is 338 g/mol. The van der Waals surface area contributed by atoms with Crippen LogP contribution in [0.25, 0.3) is 0 Å². The number of methoxy groups -OCH3 is 1. The molecule has 1 aliphatic heterocycles. The first-order chi connectivity index (χ1) is 11.4. The quantitative estimate of drug-likeness (QED) is 0.821. The largest absolute Gasteiger partial charge is 0.481 e. The number of halogens is 1. The standard InChI is InChI=1S/C16H19FN2O5/c1-24-9-8-18-6-7-19(13(16(18)23)10-14(20)21)15(22)11-2-4-12(17)5-3-11/h2-5,13H,6-10H2,1H3,(H,20,21). The number of nitrogens with zero attached hydrogens (tertiary/aromatic N) is 2. The topological polar surface area (TPSA) is 87.2 Å². The van der Waals surface area contributed by atoms with E-state index in [0.29, 0.717) is 19.7 Å². The van der Waals surface area contributed by atoms with Gasteiger partial charge in [-0.1, -0.05) is 0 Å². The highest BCUT2D eigenvalue weighted by Crippen LogP contribution is 2.18. The third-order valence-electron chi connectivity index (χ3n) is 3.87. The van der Waals surface area contributed by atoms with Gasteiger partial charge in [0.05, 0.1) is 13.0 Å². The Morgan fingerprint density at radius 3 is 2.54 bits per heavy atom. The molecule has 1 heterocycles. The van der Waals surface area contributed by atoms with Crippen LogP contribution in [0.3, 0.4) is 0 Å². The smallest absolute Gasteiger partial charge is 0.305 e. The number of carbonyl (C=O) groups excluding carboxylic acids is 2. The summed E-state index contributed by atoms with van der Waals surface area (Å²) in [6.07, 6.45) is -0.477. The molecular weight excluding hydrogens is 319 g/mol.